The average Bonchev–Trinajstić information content (AvgIpc) is 2.53. The van der Waals surface area contributed by atoms with Crippen molar-refractivity contribution >= 4 is 12.0 Å². The van der Waals surface area contributed by atoms with Gasteiger partial charge in [-0.15, -0.1) is 0 Å². The number of rotatable bonds is 2. The lowest BCUT2D eigenvalue weighted by atomic mass is 10.2. The summed E-state index contributed by atoms with van der Waals surface area (Å²) in [7, 11) is 1.28. The second-order valence-electron chi connectivity index (χ2n) is 3.64. The fourth-order valence-corrected chi connectivity index (χ4v) is 1.65. The van der Waals surface area contributed by atoms with Crippen LogP contribution >= 0.6 is 0 Å². The number of hydrogen-bond donors (Lipinski definition) is 1. The van der Waals surface area contributed by atoms with Gasteiger partial charge in [0.1, 0.15) is 6.54 Å². The zero-order valence-electron chi connectivity index (χ0n) is 9.12. The van der Waals surface area contributed by atoms with Crippen LogP contribution in [-0.2, 0) is 9.53 Å². The van der Waals surface area contributed by atoms with Gasteiger partial charge in [0.15, 0.2) is 0 Å². The number of likely N-dealkylation sites (tertiary alicyclic amines) is 1. The molecule has 1 fully saturated rings. The summed E-state index contributed by atoms with van der Waals surface area (Å²) >= 11 is 0. The zero-order chi connectivity index (χ0) is 11.1. The maximum absolute atomic E-state index is 11.6. The normalized spacial score (nSPS) is 16.7. The first-order valence-electron chi connectivity index (χ1n) is 5.33. The Balaban J connectivity index is 2.28. The van der Waals surface area contributed by atoms with Crippen molar-refractivity contribution in [2.45, 2.75) is 25.7 Å². The molecule has 0 unspecified atom stereocenters. The number of methoxy groups -OCH3 is 1. The fraction of sp³-hybridized carbons (Fsp3) is 0.800. The smallest absolute Gasteiger partial charge is 0.407 e. The Labute approximate surface area is 89.8 Å². The first kappa shape index (κ1) is 11.8. The highest BCUT2D eigenvalue weighted by molar-refractivity contribution is 5.82. The second-order valence-corrected chi connectivity index (χ2v) is 3.64. The molecule has 1 saturated heterocycles. The van der Waals surface area contributed by atoms with Crippen molar-refractivity contribution in [3.63, 3.8) is 0 Å². The zero-order valence-corrected chi connectivity index (χ0v) is 9.12. The molecule has 0 spiro atoms. The van der Waals surface area contributed by atoms with E-state index in [1.54, 1.807) is 0 Å². The van der Waals surface area contributed by atoms with Crippen molar-refractivity contribution in [2.24, 2.45) is 0 Å². The molecular formula is C10H18N2O3. The van der Waals surface area contributed by atoms with Crippen LogP contribution < -0.4 is 5.32 Å². The molecule has 0 aromatic carbocycles. The van der Waals surface area contributed by atoms with Gasteiger partial charge in [0, 0.05) is 13.1 Å². The summed E-state index contributed by atoms with van der Waals surface area (Å²) in [6.07, 6.45) is 3.94. The Kier molecular flexibility index (Phi) is 4.93. The highest BCUT2D eigenvalue weighted by atomic mass is 16.5. The van der Waals surface area contributed by atoms with Crippen molar-refractivity contribution in [1.82, 2.24) is 10.2 Å². The van der Waals surface area contributed by atoms with E-state index in [9.17, 15) is 9.59 Å². The Morgan fingerprint density at radius 2 is 1.80 bits per heavy atom. The van der Waals surface area contributed by atoms with Crippen LogP contribution in [-0.4, -0.2) is 43.6 Å². The summed E-state index contributed by atoms with van der Waals surface area (Å²) in [6.45, 7) is 1.65. The number of carbonyl (C=O) groups excluding carboxylic acids is 2. The molecule has 0 saturated carbocycles. The Hall–Kier alpha value is -1.26. The standard InChI is InChI=1S/C10H18N2O3/c1-15-10(14)11-8-9(13)12-6-4-2-3-5-7-12/h2-8H2,1H3,(H,11,14). The van der Waals surface area contributed by atoms with Gasteiger partial charge in [-0.05, 0) is 12.8 Å². The SMILES string of the molecule is COC(=O)NCC(=O)N1CCCCCC1. The highest BCUT2D eigenvalue weighted by Crippen LogP contribution is 2.09. The van der Waals surface area contributed by atoms with E-state index in [1.165, 1.54) is 20.0 Å². The molecule has 0 radical (unpaired) electrons. The molecular weight excluding hydrogens is 196 g/mol. The molecule has 1 aliphatic heterocycles. The Bertz CT molecular complexity index is 223. The van der Waals surface area contributed by atoms with Crippen LogP contribution in [0.4, 0.5) is 4.79 Å². The van der Waals surface area contributed by atoms with Crippen molar-refractivity contribution in [2.75, 3.05) is 26.7 Å². The van der Waals surface area contributed by atoms with E-state index in [2.05, 4.69) is 10.1 Å². The number of ether oxygens (including phenoxy) is 1. The number of amides is 2. The Morgan fingerprint density at radius 1 is 1.20 bits per heavy atom. The Morgan fingerprint density at radius 3 is 2.33 bits per heavy atom. The lowest BCUT2D eigenvalue weighted by molar-refractivity contribution is -0.130. The van der Waals surface area contributed by atoms with Crippen LogP contribution in [0.15, 0.2) is 0 Å². The average molecular weight is 214 g/mol. The van der Waals surface area contributed by atoms with E-state index in [-0.39, 0.29) is 12.5 Å². The minimum Gasteiger partial charge on any atom is -0.453 e. The molecule has 0 aliphatic carbocycles. The summed E-state index contributed by atoms with van der Waals surface area (Å²) in [5.74, 6) is -0.0256. The third-order valence-electron chi connectivity index (χ3n) is 2.53. The summed E-state index contributed by atoms with van der Waals surface area (Å²) in [5, 5.41) is 2.40. The first-order chi connectivity index (χ1) is 7.24. The lowest BCUT2D eigenvalue weighted by Gasteiger charge is -2.20. The predicted octanol–water partition coefficient (Wildman–Crippen LogP) is 0.745. The summed E-state index contributed by atoms with van der Waals surface area (Å²) < 4.78 is 4.39. The van der Waals surface area contributed by atoms with Gasteiger partial charge >= 0.3 is 6.09 Å². The van der Waals surface area contributed by atoms with Gasteiger partial charge in [-0.25, -0.2) is 4.79 Å². The molecule has 5 heteroatoms. The van der Waals surface area contributed by atoms with Crippen molar-refractivity contribution < 1.29 is 14.3 Å². The van der Waals surface area contributed by atoms with E-state index in [0.29, 0.717) is 0 Å². The molecule has 86 valence electrons. The second kappa shape index (κ2) is 6.27. The summed E-state index contributed by atoms with van der Waals surface area (Å²) in [6, 6.07) is 0. The van der Waals surface area contributed by atoms with Crippen LogP contribution in [0.2, 0.25) is 0 Å². The van der Waals surface area contributed by atoms with Crippen molar-refractivity contribution in [1.29, 1.82) is 0 Å². The molecule has 0 aromatic heterocycles. The van der Waals surface area contributed by atoms with E-state index >= 15 is 0 Å². The van der Waals surface area contributed by atoms with Crippen LogP contribution in [0.3, 0.4) is 0 Å². The van der Waals surface area contributed by atoms with E-state index in [4.69, 9.17) is 0 Å². The third-order valence-corrected chi connectivity index (χ3v) is 2.53. The molecule has 1 aliphatic rings. The van der Waals surface area contributed by atoms with Crippen LogP contribution in [0.25, 0.3) is 0 Å². The third kappa shape index (κ3) is 4.18. The van der Waals surface area contributed by atoms with Crippen molar-refractivity contribution in [3.8, 4) is 0 Å². The van der Waals surface area contributed by atoms with Crippen LogP contribution in [0, 0.1) is 0 Å². The van der Waals surface area contributed by atoms with Gasteiger partial charge in [-0.3, -0.25) is 4.79 Å². The molecule has 2 amide bonds. The number of nitrogens with one attached hydrogen (secondary N) is 1. The van der Waals surface area contributed by atoms with Gasteiger partial charge in [0.05, 0.1) is 7.11 Å². The molecule has 15 heavy (non-hydrogen) atoms. The largest absolute Gasteiger partial charge is 0.453 e. The minimum atomic E-state index is -0.557. The highest BCUT2D eigenvalue weighted by Gasteiger charge is 2.15. The van der Waals surface area contributed by atoms with Crippen LogP contribution in [0.1, 0.15) is 25.7 Å². The molecule has 0 bridgehead atoms. The van der Waals surface area contributed by atoms with Gasteiger partial charge in [0.25, 0.3) is 0 Å². The van der Waals surface area contributed by atoms with E-state index in [1.807, 2.05) is 4.90 Å². The molecule has 0 atom stereocenters. The number of alkyl carbamates (subject to hydrolysis) is 1. The molecule has 1 rings (SSSR count). The van der Waals surface area contributed by atoms with Crippen LogP contribution in [0.5, 0.6) is 0 Å². The topological polar surface area (TPSA) is 58.6 Å². The maximum Gasteiger partial charge on any atom is 0.407 e. The molecule has 1 N–H and O–H groups in total. The van der Waals surface area contributed by atoms with Gasteiger partial charge in [-0.2, -0.15) is 0 Å². The quantitative estimate of drug-likeness (QED) is 0.737. The van der Waals surface area contributed by atoms with E-state index in [0.717, 1.165) is 25.9 Å². The molecule has 0 aromatic rings. The lowest BCUT2D eigenvalue weighted by Crippen LogP contribution is -2.40. The van der Waals surface area contributed by atoms with Gasteiger partial charge < -0.3 is 15.0 Å². The summed E-state index contributed by atoms with van der Waals surface area (Å²) in [4.78, 5) is 24.2. The van der Waals surface area contributed by atoms with E-state index < -0.39 is 6.09 Å². The minimum absolute atomic E-state index is 0.0256. The summed E-state index contributed by atoms with van der Waals surface area (Å²) in [5.41, 5.74) is 0. The maximum atomic E-state index is 11.6. The van der Waals surface area contributed by atoms with Gasteiger partial charge in [0.2, 0.25) is 5.91 Å². The monoisotopic (exact) mass is 214 g/mol. The molecule has 5 nitrogen and oxygen atoms in total. The number of hydrogen-bond acceptors (Lipinski definition) is 3. The number of nitrogens with zero attached hydrogens (tertiary/aromatic N) is 1. The molecule has 1 heterocycles. The van der Waals surface area contributed by atoms with Gasteiger partial charge in [-0.1, -0.05) is 12.8 Å². The van der Waals surface area contributed by atoms with Crippen molar-refractivity contribution in [3.05, 3.63) is 0 Å². The number of carbonyl (C=O) groups is 2. The predicted molar refractivity (Wildman–Crippen MR) is 55.5 cm³/mol. The first-order valence-corrected chi connectivity index (χ1v) is 5.33. The fourth-order valence-electron chi connectivity index (χ4n) is 1.65.